The number of aromatic nitrogens is 2. The third kappa shape index (κ3) is 4.99. The summed E-state index contributed by atoms with van der Waals surface area (Å²) in [5, 5.41) is 13.8. The van der Waals surface area contributed by atoms with E-state index < -0.39 is 0 Å². The van der Waals surface area contributed by atoms with Crippen LogP contribution in [0.2, 0.25) is 0 Å². The first-order valence-electron chi connectivity index (χ1n) is 7.84. The van der Waals surface area contributed by atoms with Crippen molar-refractivity contribution in [3.05, 3.63) is 41.7 Å². The molecule has 0 radical (unpaired) electrons. The summed E-state index contributed by atoms with van der Waals surface area (Å²) in [6, 6.07) is 7.90. The first-order valence-corrected chi connectivity index (χ1v) is 8.83. The fourth-order valence-electron chi connectivity index (χ4n) is 2.04. The van der Waals surface area contributed by atoms with Gasteiger partial charge in [-0.2, -0.15) is 0 Å². The molecule has 1 aromatic heterocycles. The van der Waals surface area contributed by atoms with Crippen LogP contribution in [-0.4, -0.2) is 27.8 Å². The standard InChI is InChI=1S/C17H17FN4O2S/c1-10-2-5-12(8-13(10)18)19-15(23)9-25-16-7-6-14(21-22-16)20-17(24)11-3-4-11/h2,5-8,11H,3-4,9H2,1H3,(H,19,23)(H,20,21,24). The van der Waals surface area contributed by atoms with Gasteiger partial charge in [-0.1, -0.05) is 17.8 Å². The number of carbonyl (C=O) groups excluding carboxylic acids is 2. The Morgan fingerprint density at radius 3 is 2.64 bits per heavy atom. The molecule has 1 aliphatic carbocycles. The first kappa shape index (κ1) is 17.3. The van der Waals surface area contributed by atoms with E-state index in [9.17, 15) is 14.0 Å². The van der Waals surface area contributed by atoms with Crippen molar-refractivity contribution in [1.29, 1.82) is 0 Å². The minimum Gasteiger partial charge on any atom is -0.325 e. The smallest absolute Gasteiger partial charge is 0.234 e. The topological polar surface area (TPSA) is 84.0 Å². The SMILES string of the molecule is Cc1ccc(NC(=O)CSc2ccc(NC(=O)C3CC3)nn2)cc1F. The van der Waals surface area contributed by atoms with E-state index in [1.807, 2.05) is 0 Å². The van der Waals surface area contributed by atoms with Crippen LogP contribution in [0.3, 0.4) is 0 Å². The molecular weight excluding hydrogens is 343 g/mol. The quantitative estimate of drug-likeness (QED) is 0.774. The Bertz CT molecular complexity index is 794. The van der Waals surface area contributed by atoms with Crippen molar-refractivity contribution in [2.24, 2.45) is 5.92 Å². The number of thioether (sulfide) groups is 1. The van der Waals surface area contributed by atoms with Crippen LogP contribution in [0, 0.1) is 18.7 Å². The third-order valence-electron chi connectivity index (χ3n) is 3.65. The number of anilines is 2. The molecule has 2 N–H and O–H groups in total. The summed E-state index contributed by atoms with van der Waals surface area (Å²) in [6.45, 7) is 1.66. The molecule has 3 rings (SSSR count). The summed E-state index contributed by atoms with van der Waals surface area (Å²) in [4.78, 5) is 23.5. The predicted molar refractivity (Wildman–Crippen MR) is 93.9 cm³/mol. The number of hydrogen-bond donors (Lipinski definition) is 2. The van der Waals surface area contributed by atoms with Gasteiger partial charge in [-0.25, -0.2) is 4.39 Å². The van der Waals surface area contributed by atoms with Crippen LogP contribution >= 0.6 is 11.8 Å². The maximum Gasteiger partial charge on any atom is 0.234 e. The van der Waals surface area contributed by atoms with Gasteiger partial charge in [0.25, 0.3) is 0 Å². The minimum atomic E-state index is -0.361. The second-order valence-corrected chi connectivity index (χ2v) is 6.82. The summed E-state index contributed by atoms with van der Waals surface area (Å²) in [5.74, 6) is -0.0227. The molecule has 1 fully saturated rings. The second kappa shape index (κ2) is 7.60. The van der Waals surface area contributed by atoms with Crippen LogP contribution in [0.5, 0.6) is 0 Å². The van der Waals surface area contributed by atoms with E-state index in [-0.39, 0.29) is 29.3 Å². The number of carbonyl (C=O) groups is 2. The van der Waals surface area contributed by atoms with Crippen molar-refractivity contribution >= 4 is 35.1 Å². The number of amides is 2. The van der Waals surface area contributed by atoms with E-state index in [0.29, 0.717) is 22.1 Å². The lowest BCUT2D eigenvalue weighted by atomic mass is 10.2. The highest BCUT2D eigenvalue weighted by Gasteiger charge is 2.29. The predicted octanol–water partition coefficient (Wildman–Crippen LogP) is 3.00. The van der Waals surface area contributed by atoms with Gasteiger partial charge in [0.2, 0.25) is 11.8 Å². The molecule has 1 saturated carbocycles. The molecule has 6 nitrogen and oxygen atoms in total. The maximum atomic E-state index is 13.5. The highest BCUT2D eigenvalue weighted by Crippen LogP contribution is 2.30. The molecule has 0 atom stereocenters. The molecule has 8 heteroatoms. The number of nitrogens with zero attached hydrogens (tertiary/aromatic N) is 2. The van der Waals surface area contributed by atoms with Gasteiger partial charge in [-0.15, -0.1) is 10.2 Å². The van der Waals surface area contributed by atoms with Crippen molar-refractivity contribution in [1.82, 2.24) is 10.2 Å². The number of benzene rings is 1. The van der Waals surface area contributed by atoms with Crippen LogP contribution in [-0.2, 0) is 9.59 Å². The maximum absolute atomic E-state index is 13.5. The van der Waals surface area contributed by atoms with Crippen LogP contribution in [0.15, 0.2) is 35.4 Å². The average molecular weight is 360 g/mol. The van der Waals surface area contributed by atoms with Crippen molar-refractivity contribution in [3.63, 3.8) is 0 Å². The number of rotatable bonds is 6. The molecule has 0 aliphatic heterocycles. The van der Waals surface area contributed by atoms with Crippen molar-refractivity contribution in [2.45, 2.75) is 24.8 Å². The molecule has 130 valence electrons. The van der Waals surface area contributed by atoms with E-state index >= 15 is 0 Å². The monoisotopic (exact) mass is 360 g/mol. The summed E-state index contributed by atoms with van der Waals surface area (Å²) in [6.07, 6.45) is 1.85. The van der Waals surface area contributed by atoms with Gasteiger partial charge in [0, 0.05) is 11.6 Å². The van der Waals surface area contributed by atoms with Gasteiger partial charge in [-0.3, -0.25) is 9.59 Å². The summed E-state index contributed by atoms with van der Waals surface area (Å²) in [5.41, 5.74) is 0.939. The third-order valence-corrected chi connectivity index (χ3v) is 4.57. The first-order chi connectivity index (χ1) is 12.0. The van der Waals surface area contributed by atoms with E-state index in [4.69, 9.17) is 0 Å². The normalized spacial score (nSPS) is 13.4. The summed E-state index contributed by atoms with van der Waals surface area (Å²) >= 11 is 1.21. The molecule has 0 spiro atoms. The molecule has 1 aliphatic rings. The van der Waals surface area contributed by atoms with Crippen LogP contribution in [0.25, 0.3) is 0 Å². The molecule has 0 bridgehead atoms. The van der Waals surface area contributed by atoms with Crippen LogP contribution in [0.1, 0.15) is 18.4 Å². The van der Waals surface area contributed by atoms with Crippen molar-refractivity contribution in [2.75, 3.05) is 16.4 Å². The molecular formula is C17H17FN4O2S. The van der Waals surface area contributed by atoms with Gasteiger partial charge in [0.05, 0.1) is 5.75 Å². The zero-order valence-corrected chi connectivity index (χ0v) is 14.4. The second-order valence-electron chi connectivity index (χ2n) is 5.82. The zero-order valence-electron chi connectivity index (χ0n) is 13.6. The number of halogens is 1. The average Bonchev–Trinajstić information content (AvgIpc) is 3.43. The molecule has 1 aromatic carbocycles. The Hall–Kier alpha value is -2.48. The van der Waals surface area contributed by atoms with Gasteiger partial charge >= 0.3 is 0 Å². The molecule has 1 heterocycles. The molecule has 0 saturated heterocycles. The summed E-state index contributed by atoms with van der Waals surface area (Å²) < 4.78 is 13.5. The molecule has 2 aromatic rings. The van der Waals surface area contributed by atoms with Crippen molar-refractivity contribution in [3.8, 4) is 0 Å². The Morgan fingerprint density at radius 1 is 1.20 bits per heavy atom. The highest BCUT2D eigenvalue weighted by atomic mass is 32.2. The molecule has 2 amide bonds. The highest BCUT2D eigenvalue weighted by molar-refractivity contribution is 7.99. The lowest BCUT2D eigenvalue weighted by molar-refractivity contribution is -0.117. The van der Waals surface area contributed by atoms with Gasteiger partial charge < -0.3 is 10.6 Å². The van der Waals surface area contributed by atoms with Gasteiger partial charge in [0.15, 0.2) is 5.82 Å². The lowest BCUT2D eigenvalue weighted by Gasteiger charge is -2.06. The minimum absolute atomic E-state index is 0.0283. The van der Waals surface area contributed by atoms with Crippen LogP contribution in [0.4, 0.5) is 15.9 Å². The number of hydrogen-bond acceptors (Lipinski definition) is 5. The largest absolute Gasteiger partial charge is 0.325 e. The fraction of sp³-hybridized carbons (Fsp3) is 0.294. The Morgan fingerprint density at radius 2 is 2.00 bits per heavy atom. The van der Waals surface area contributed by atoms with Crippen molar-refractivity contribution < 1.29 is 14.0 Å². The summed E-state index contributed by atoms with van der Waals surface area (Å²) in [7, 11) is 0. The van der Waals surface area contributed by atoms with E-state index in [1.165, 1.54) is 17.8 Å². The number of aryl methyl sites for hydroxylation is 1. The van der Waals surface area contributed by atoms with E-state index in [1.54, 1.807) is 31.2 Å². The van der Waals surface area contributed by atoms with Gasteiger partial charge in [0.1, 0.15) is 10.8 Å². The van der Waals surface area contributed by atoms with E-state index in [0.717, 1.165) is 12.8 Å². The van der Waals surface area contributed by atoms with E-state index in [2.05, 4.69) is 20.8 Å². The zero-order chi connectivity index (χ0) is 17.8. The Kier molecular flexibility index (Phi) is 5.28. The molecule has 25 heavy (non-hydrogen) atoms. The fourth-order valence-corrected chi connectivity index (χ4v) is 2.66. The lowest BCUT2D eigenvalue weighted by Crippen LogP contribution is -2.15. The number of nitrogens with one attached hydrogen (secondary N) is 2. The Labute approximate surface area is 148 Å². The van der Waals surface area contributed by atoms with Gasteiger partial charge in [-0.05, 0) is 49.6 Å². The molecule has 0 unspecified atom stereocenters. The Balaban J connectivity index is 1.48. The van der Waals surface area contributed by atoms with Crippen LogP contribution < -0.4 is 10.6 Å².